The van der Waals surface area contributed by atoms with E-state index >= 15 is 0 Å². The largest absolute Gasteiger partial charge is 0.481 e. The highest BCUT2D eigenvalue weighted by Gasteiger charge is 2.70. The molecular formula is C30H56O7. The molecule has 7 heteroatoms. The topological polar surface area (TPSA) is 132 Å². The first kappa shape index (κ1) is 35.4. The van der Waals surface area contributed by atoms with E-state index in [-0.39, 0.29) is 0 Å². The molecule has 0 spiro atoms. The van der Waals surface area contributed by atoms with Crippen molar-refractivity contribution in [2.75, 3.05) is 0 Å². The third-order valence-corrected chi connectivity index (χ3v) is 8.43. The Bertz CT molecular complexity index is 695. The fourth-order valence-electron chi connectivity index (χ4n) is 6.36. The van der Waals surface area contributed by atoms with Gasteiger partial charge in [0.25, 0.3) is 0 Å². The average molecular weight is 529 g/mol. The highest BCUT2D eigenvalue weighted by Crippen LogP contribution is 2.54. The standard InChI is InChI=1S/C30H56O7/c1-19(2)13-10-16-22(7)25(26(31)32)30(37,28(35)36)29(27(33)34,23(8)17-11-14-20(3)4)24(9)18-12-15-21(5)6/h19-25,37H,10-18H2,1-9H3,(H,31,32)(H,33,34)(H,35,36). The lowest BCUT2D eigenvalue weighted by Gasteiger charge is -2.52. The average Bonchev–Trinajstić information content (AvgIpc) is 2.72. The van der Waals surface area contributed by atoms with E-state index < -0.39 is 52.6 Å². The SMILES string of the molecule is CC(C)CCCC(C)C(C(=O)O)C(O)(C(=O)O)C(C(=O)O)(C(C)CCCC(C)C)C(C)CCCC(C)C. The van der Waals surface area contributed by atoms with Crippen LogP contribution in [0.5, 0.6) is 0 Å². The van der Waals surface area contributed by atoms with Gasteiger partial charge >= 0.3 is 17.9 Å². The molecule has 0 aromatic rings. The second kappa shape index (κ2) is 15.7. The first-order valence-corrected chi connectivity index (χ1v) is 14.4. The van der Waals surface area contributed by atoms with Gasteiger partial charge in [0.15, 0.2) is 5.60 Å². The number of hydrogen-bond donors (Lipinski definition) is 4. The Kier molecular flexibility index (Phi) is 15.0. The predicted octanol–water partition coefficient (Wildman–Crippen LogP) is 6.96. The molecule has 0 rings (SSSR count). The van der Waals surface area contributed by atoms with Crippen LogP contribution in [0.15, 0.2) is 0 Å². The van der Waals surface area contributed by atoms with E-state index in [4.69, 9.17) is 0 Å². The van der Waals surface area contributed by atoms with Crippen molar-refractivity contribution in [1.29, 1.82) is 0 Å². The van der Waals surface area contributed by atoms with E-state index in [2.05, 4.69) is 41.5 Å². The van der Waals surface area contributed by atoms with Crippen molar-refractivity contribution in [3.8, 4) is 0 Å². The molecule has 0 aromatic carbocycles. The maximum absolute atomic E-state index is 13.3. The van der Waals surface area contributed by atoms with E-state index in [1.165, 1.54) is 0 Å². The molecule has 0 aliphatic carbocycles. The summed E-state index contributed by atoms with van der Waals surface area (Å²) < 4.78 is 0. The van der Waals surface area contributed by atoms with Gasteiger partial charge in [-0.2, -0.15) is 0 Å². The van der Waals surface area contributed by atoms with Gasteiger partial charge in [-0.1, -0.05) is 101 Å². The van der Waals surface area contributed by atoms with Gasteiger partial charge in [-0.3, -0.25) is 9.59 Å². The van der Waals surface area contributed by atoms with E-state index in [1.54, 1.807) is 20.8 Å². The van der Waals surface area contributed by atoms with Crippen molar-refractivity contribution in [3.05, 3.63) is 0 Å². The van der Waals surface area contributed by atoms with Gasteiger partial charge in [-0.15, -0.1) is 0 Å². The van der Waals surface area contributed by atoms with Gasteiger partial charge in [0.1, 0.15) is 5.41 Å². The minimum Gasteiger partial charge on any atom is -0.481 e. The lowest BCUT2D eigenvalue weighted by Crippen LogP contribution is -2.69. The van der Waals surface area contributed by atoms with Crippen LogP contribution in [0.2, 0.25) is 0 Å². The van der Waals surface area contributed by atoms with Crippen molar-refractivity contribution in [2.45, 2.75) is 126 Å². The summed E-state index contributed by atoms with van der Waals surface area (Å²) in [6.07, 6.45) is 5.70. The van der Waals surface area contributed by atoms with Crippen LogP contribution in [-0.2, 0) is 14.4 Å². The van der Waals surface area contributed by atoms with Gasteiger partial charge in [-0.05, 0) is 54.8 Å². The highest BCUT2D eigenvalue weighted by molar-refractivity contribution is 5.94. The smallest absolute Gasteiger partial charge is 0.337 e. The lowest BCUT2D eigenvalue weighted by atomic mass is 9.51. The van der Waals surface area contributed by atoms with E-state index in [9.17, 15) is 34.8 Å². The fraction of sp³-hybridized carbons (Fsp3) is 0.900. The first-order valence-electron chi connectivity index (χ1n) is 14.4. The maximum Gasteiger partial charge on any atom is 0.337 e. The van der Waals surface area contributed by atoms with Gasteiger partial charge in [0, 0.05) is 0 Å². The summed E-state index contributed by atoms with van der Waals surface area (Å²) in [5.74, 6) is -7.44. The van der Waals surface area contributed by atoms with Crippen molar-refractivity contribution in [3.63, 3.8) is 0 Å². The third kappa shape index (κ3) is 8.97. The van der Waals surface area contributed by atoms with E-state index in [0.717, 1.165) is 19.3 Å². The zero-order valence-electron chi connectivity index (χ0n) is 24.9. The molecule has 0 saturated heterocycles. The summed E-state index contributed by atoms with van der Waals surface area (Å²) in [4.78, 5) is 39.0. The zero-order valence-corrected chi connectivity index (χ0v) is 24.9. The Morgan fingerprint density at radius 3 is 1.19 bits per heavy atom. The monoisotopic (exact) mass is 528 g/mol. The van der Waals surface area contributed by atoms with Crippen LogP contribution < -0.4 is 0 Å². The Morgan fingerprint density at radius 2 is 0.919 bits per heavy atom. The summed E-state index contributed by atoms with van der Waals surface area (Å²) >= 11 is 0. The molecule has 0 saturated carbocycles. The Labute approximate surface area is 225 Å². The molecule has 0 bridgehead atoms. The molecule has 5 atom stereocenters. The number of carboxylic acids is 3. The van der Waals surface area contributed by atoms with Crippen LogP contribution in [0.4, 0.5) is 0 Å². The number of carboxylic acid groups (broad SMARTS) is 3. The fourth-order valence-corrected chi connectivity index (χ4v) is 6.36. The number of aliphatic carboxylic acids is 3. The first-order chi connectivity index (χ1) is 17.0. The Morgan fingerprint density at radius 1 is 0.568 bits per heavy atom. The third-order valence-electron chi connectivity index (χ3n) is 8.43. The second-order valence-electron chi connectivity index (χ2n) is 12.8. The lowest BCUT2D eigenvalue weighted by molar-refractivity contribution is -0.225. The Hall–Kier alpha value is -1.63. The summed E-state index contributed by atoms with van der Waals surface area (Å²) in [5.41, 5.74) is -5.14. The molecule has 0 radical (unpaired) electrons. The highest BCUT2D eigenvalue weighted by atomic mass is 16.4. The van der Waals surface area contributed by atoms with Crippen LogP contribution in [0.3, 0.4) is 0 Å². The molecule has 5 unspecified atom stereocenters. The van der Waals surface area contributed by atoms with Gasteiger partial charge in [-0.25, -0.2) is 4.79 Å². The molecule has 0 aliphatic heterocycles. The van der Waals surface area contributed by atoms with Crippen LogP contribution in [0, 0.1) is 46.8 Å². The van der Waals surface area contributed by atoms with Crippen LogP contribution in [-0.4, -0.2) is 43.9 Å². The number of rotatable bonds is 20. The zero-order chi connectivity index (χ0) is 29.1. The Balaban J connectivity index is 6.91. The van der Waals surface area contributed by atoms with Crippen molar-refractivity contribution >= 4 is 17.9 Å². The van der Waals surface area contributed by atoms with Crippen molar-refractivity contribution in [2.24, 2.45) is 46.8 Å². The van der Waals surface area contributed by atoms with E-state index in [1.807, 2.05) is 0 Å². The summed E-state index contributed by atoms with van der Waals surface area (Å²) in [7, 11) is 0. The molecule has 0 aliphatic rings. The van der Waals surface area contributed by atoms with Crippen LogP contribution in [0.1, 0.15) is 120 Å². The van der Waals surface area contributed by atoms with Gasteiger partial charge in [0.2, 0.25) is 0 Å². The quantitative estimate of drug-likeness (QED) is 0.134. The second-order valence-corrected chi connectivity index (χ2v) is 12.8. The van der Waals surface area contributed by atoms with Crippen LogP contribution >= 0.6 is 0 Å². The minimum absolute atomic E-state index is 0.390. The van der Waals surface area contributed by atoms with Gasteiger partial charge < -0.3 is 20.4 Å². The minimum atomic E-state index is -2.98. The predicted molar refractivity (Wildman–Crippen MR) is 147 cm³/mol. The molecule has 0 aromatic heterocycles. The molecule has 218 valence electrons. The molecular weight excluding hydrogens is 472 g/mol. The van der Waals surface area contributed by atoms with Crippen molar-refractivity contribution in [1.82, 2.24) is 0 Å². The molecule has 0 heterocycles. The summed E-state index contributed by atoms with van der Waals surface area (Å²) in [5, 5.41) is 43.9. The molecule has 0 fully saturated rings. The number of carbonyl (C=O) groups is 3. The van der Waals surface area contributed by atoms with Gasteiger partial charge in [0.05, 0.1) is 5.92 Å². The normalized spacial score (nSPS) is 18.7. The number of aliphatic hydroxyl groups is 1. The van der Waals surface area contributed by atoms with Crippen LogP contribution in [0.25, 0.3) is 0 Å². The molecule has 4 N–H and O–H groups in total. The molecule has 37 heavy (non-hydrogen) atoms. The summed E-state index contributed by atoms with van der Waals surface area (Å²) in [6.45, 7) is 17.4. The molecule has 7 nitrogen and oxygen atoms in total. The summed E-state index contributed by atoms with van der Waals surface area (Å²) in [6, 6.07) is 0. The molecule has 0 amide bonds. The number of hydrogen-bond acceptors (Lipinski definition) is 4. The van der Waals surface area contributed by atoms with Crippen molar-refractivity contribution < 1.29 is 34.8 Å². The maximum atomic E-state index is 13.3. The van der Waals surface area contributed by atoms with E-state index in [0.29, 0.717) is 56.3 Å².